The molecular formula is C20H33N11. The molecule has 4 atom stereocenters. The Morgan fingerprint density at radius 1 is 0.710 bits per heavy atom. The Morgan fingerprint density at radius 3 is 1.61 bits per heavy atom. The molecule has 11 nitrogen and oxygen atoms in total. The van der Waals surface area contributed by atoms with Crippen molar-refractivity contribution >= 4 is 23.5 Å². The van der Waals surface area contributed by atoms with Crippen LogP contribution in [0, 0.1) is 6.92 Å². The van der Waals surface area contributed by atoms with Crippen LogP contribution in [0.5, 0.6) is 0 Å². The number of hydrazine groups is 1. The lowest BCUT2D eigenvalue weighted by Gasteiger charge is -2.37. The van der Waals surface area contributed by atoms with Crippen LogP contribution in [-0.2, 0) is 0 Å². The molecular weight excluding hydrogens is 394 g/mol. The lowest BCUT2D eigenvalue weighted by atomic mass is 10.0. The number of aryl methyl sites for hydroxylation is 1. The topological polar surface area (TPSA) is 173 Å². The summed E-state index contributed by atoms with van der Waals surface area (Å²) in [5.74, 6) is 1.48. The van der Waals surface area contributed by atoms with Gasteiger partial charge in [-0.05, 0) is 31.9 Å². The van der Waals surface area contributed by atoms with E-state index in [1.807, 2.05) is 41.0 Å². The van der Waals surface area contributed by atoms with Gasteiger partial charge in [-0.2, -0.15) is 15.0 Å². The second kappa shape index (κ2) is 9.18. The van der Waals surface area contributed by atoms with Gasteiger partial charge in [0, 0.05) is 50.3 Å². The van der Waals surface area contributed by atoms with Crippen molar-refractivity contribution in [1.82, 2.24) is 15.0 Å². The molecule has 2 aliphatic heterocycles. The molecule has 0 bridgehead atoms. The molecule has 3 heterocycles. The molecule has 0 amide bonds. The van der Waals surface area contributed by atoms with Gasteiger partial charge in [-0.3, -0.25) is 10.9 Å². The van der Waals surface area contributed by atoms with Crippen molar-refractivity contribution in [3.63, 3.8) is 0 Å². The fraction of sp³-hybridized carbons (Fsp3) is 0.550. The number of rotatable bonds is 5. The van der Waals surface area contributed by atoms with E-state index in [1.54, 1.807) is 0 Å². The first kappa shape index (κ1) is 21.5. The zero-order chi connectivity index (χ0) is 22.0. The standard InChI is InChI=1S/C20H33N11/c1-12-2-4-17(5-3-12)28-29-18-25-19(30-8-13(21)6-14(22)9-30)27-20(26-18)31-10-15(23)7-16(24)11-31/h2-5,13-16,28H,6-11,21-24H2,1H3,(H,25,26,27,29). The van der Waals surface area contributed by atoms with Crippen molar-refractivity contribution in [3.05, 3.63) is 29.8 Å². The minimum Gasteiger partial charge on any atom is -0.338 e. The predicted molar refractivity (Wildman–Crippen MR) is 124 cm³/mol. The molecule has 0 radical (unpaired) electrons. The first-order valence-corrected chi connectivity index (χ1v) is 10.7. The molecule has 10 N–H and O–H groups in total. The summed E-state index contributed by atoms with van der Waals surface area (Å²) >= 11 is 0. The third-order valence-corrected chi connectivity index (χ3v) is 5.58. The van der Waals surface area contributed by atoms with E-state index < -0.39 is 0 Å². The average molecular weight is 428 g/mol. The van der Waals surface area contributed by atoms with Gasteiger partial charge in [0.15, 0.2) is 0 Å². The van der Waals surface area contributed by atoms with Gasteiger partial charge in [0.1, 0.15) is 0 Å². The highest BCUT2D eigenvalue weighted by molar-refractivity contribution is 5.52. The van der Waals surface area contributed by atoms with E-state index in [4.69, 9.17) is 27.9 Å². The summed E-state index contributed by atoms with van der Waals surface area (Å²) in [6, 6.07) is 7.92. The molecule has 31 heavy (non-hydrogen) atoms. The van der Waals surface area contributed by atoms with Crippen LogP contribution in [0.3, 0.4) is 0 Å². The van der Waals surface area contributed by atoms with Crippen molar-refractivity contribution < 1.29 is 0 Å². The van der Waals surface area contributed by atoms with E-state index in [-0.39, 0.29) is 24.2 Å². The first-order chi connectivity index (χ1) is 14.9. The van der Waals surface area contributed by atoms with Gasteiger partial charge in [0.25, 0.3) is 0 Å². The molecule has 2 fully saturated rings. The third-order valence-electron chi connectivity index (χ3n) is 5.58. The number of hydrogen-bond donors (Lipinski definition) is 6. The highest BCUT2D eigenvalue weighted by Crippen LogP contribution is 2.22. The Morgan fingerprint density at radius 2 is 1.16 bits per heavy atom. The summed E-state index contributed by atoms with van der Waals surface area (Å²) in [4.78, 5) is 18.0. The Hall–Kier alpha value is -2.73. The maximum absolute atomic E-state index is 6.19. The second-order valence-electron chi connectivity index (χ2n) is 8.70. The number of anilines is 4. The van der Waals surface area contributed by atoms with Crippen LogP contribution in [0.25, 0.3) is 0 Å². The normalized spacial score (nSPS) is 26.6. The summed E-state index contributed by atoms with van der Waals surface area (Å²) in [7, 11) is 0. The van der Waals surface area contributed by atoms with Gasteiger partial charge in [-0.25, -0.2) is 0 Å². The number of hydrogen-bond acceptors (Lipinski definition) is 11. The molecule has 0 saturated carbocycles. The molecule has 0 aliphatic carbocycles. The van der Waals surface area contributed by atoms with E-state index >= 15 is 0 Å². The van der Waals surface area contributed by atoms with Gasteiger partial charge < -0.3 is 32.7 Å². The van der Waals surface area contributed by atoms with Crippen LogP contribution in [-0.4, -0.2) is 65.3 Å². The maximum atomic E-state index is 6.19. The Kier molecular flexibility index (Phi) is 6.37. The van der Waals surface area contributed by atoms with Gasteiger partial charge in [-0.15, -0.1) is 0 Å². The van der Waals surface area contributed by atoms with Crippen LogP contribution in [0.15, 0.2) is 24.3 Å². The molecule has 1 aromatic carbocycles. The van der Waals surface area contributed by atoms with Crippen LogP contribution in [0.1, 0.15) is 18.4 Å². The second-order valence-corrected chi connectivity index (χ2v) is 8.70. The molecule has 4 unspecified atom stereocenters. The van der Waals surface area contributed by atoms with E-state index in [0.717, 1.165) is 18.5 Å². The molecule has 1 aromatic heterocycles. The fourth-order valence-electron chi connectivity index (χ4n) is 4.14. The van der Waals surface area contributed by atoms with E-state index in [9.17, 15) is 0 Å². The summed E-state index contributed by atoms with van der Waals surface area (Å²) in [6.45, 7) is 4.61. The third kappa shape index (κ3) is 5.50. The van der Waals surface area contributed by atoms with Crippen LogP contribution in [0.4, 0.5) is 23.5 Å². The molecule has 4 rings (SSSR count). The highest BCUT2D eigenvalue weighted by Gasteiger charge is 2.28. The summed E-state index contributed by atoms with van der Waals surface area (Å²) in [5.41, 5.74) is 33.1. The quantitative estimate of drug-likeness (QED) is 0.335. The van der Waals surface area contributed by atoms with Gasteiger partial charge in [0.2, 0.25) is 17.8 Å². The number of benzene rings is 1. The maximum Gasteiger partial charge on any atom is 0.248 e. The zero-order valence-corrected chi connectivity index (χ0v) is 17.9. The van der Waals surface area contributed by atoms with E-state index in [0.29, 0.717) is 44.0 Å². The van der Waals surface area contributed by atoms with Crippen molar-refractivity contribution in [2.75, 3.05) is 46.8 Å². The van der Waals surface area contributed by atoms with Gasteiger partial charge >= 0.3 is 0 Å². The van der Waals surface area contributed by atoms with Crippen molar-refractivity contribution in [2.24, 2.45) is 22.9 Å². The van der Waals surface area contributed by atoms with E-state index in [2.05, 4.69) is 20.8 Å². The van der Waals surface area contributed by atoms with Crippen molar-refractivity contribution in [2.45, 2.75) is 43.9 Å². The Balaban J connectivity index is 1.60. The largest absolute Gasteiger partial charge is 0.338 e. The summed E-state index contributed by atoms with van der Waals surface area (Å²) in [5, 5.41) is 0. The number of aromatic nitrogens is 3. The van der Waals surface area contributed by atoms with Gasteiger partial charge in [0.05, 0.1) is 5.69 Å². The minimum atomic E-state index is -0.0251. The Bertz CT molecular complexity index is 810. The molecule has 168 valence electrons. The van der Waals surface area contributed by atoms with Gasteiger partial charge in [-0.1, -0.05) is 17.7 Å². The molecule has 2 saturated heterocycles. The SMILES string of the molecule is Cc1ccc(NNc2nc(N3CC(N)CC(N)C3)nc(N3CC(N)CC(N)C3)n2)cc1. The highest BCUT2D eigenvalue weighted by atomic mass is 15.5. The lowest BCUT2D eigenvalue weighted by molar-refractivity contribution is 0.441. The van der Waals surface area contributed by atoms with Crippen LogP contribution >= 0.6 is 0 Å². The van der Waals surface area contributed by atoms with Crippen molar-refractivity contribution in [3.8, 4) is 0 Å². The monoisotopic (exact) mass is 427 g/mol. The number of piperidine rings is 2. The molecule has 11 heteroatoms. The van der Waals surface area contributed by atoms with Crippen LogP contribution < -0.4 is 43.6 Å². The number of nitrogens with zero attached hydrogens (tertiary/aromatic N) is 5. The molecule has 0 spiro atoms. The zero-order valence-electron chi connectivity index (χ0n) is 17.9. The Labute approximate surface area is 182 Å². The summed E-state index contributed by atoms with van der Waals surface area (Å²) < 4.78 is 0. The van der Waals surface area contributed by atoms with E-state index in [1.165, 1.54) is 5.56 Å². The first-order valence-electron chi connectivity index (χ1n) is 10.7. The lowest BCUT2D eigenvalue weighted by Crippen LogP contribution is -2.54. The number of nitrogens with two attached hydrogens (primary N) is 4. The van der Waals surface area contributed by atoms with Crippen LogP contribution in [0.2, 0.25) is 0 Å². The minimum absolute atomic E-state index is 0.0251. The average Bonchev–Trinajstić information content (AvgIpc) is 2.72. The van der Waals surface area contributed by atoms with Crippen molar-refractivity contribution in [1.29, 1.82) is 0 Å². The summed E-state index contributed by atoms with van der Waals surface area (Å²) in [6.07, 6.45) is 1.56. The molecule has 2 aromatic rings. The fourth-order valence-corrected chi connectivity index (χ4v) is 4.14. The predicted octanol–water partition coefficient (Wildman–Crippen LogP) is -0.652. The number of nitrogens with one attached hydrogen (secondary N) is 2. The smallest absolute Gasteiger partial charge is 0.248 e. The molecule has 2 aliphatic rings.